The quantitative estimate of drug-likeness (QED) is 0.478. The van der Waals surface area contributed by atoms with E-state index >= 15 is 0 Å². The van der Waals surface area contributed by atoms with Crippen LogP contribution in [0.1, 0.15) is 57.5 Å². The van der Waals surface area contributed by atoms with Gasteiger partial charge in [0, 0.05) is 24.2 Å². The van der Waals surface area contributed by atoms with Gasteiger partial charge in [-0.3, -0.25) is 4.79 Å². The van der Waals surface area contributed by atoms with Gasteiger partial charge in [-0.1, -0.05) is 32.9 Å². The number of carbonyl (C=O) groups is 1. The van der Waals surface area contributed by atoms with Crippen LogP contribution in [0.2, 0.25) is 0 Å². The monoisotopic (exact) mass is 443 g/mol. The molecule has 0 saturated carbocycles. The molecule has 0 aromatic heterocycles. The Balaban J connectivity index is 2.34. The molecule has 2 rings (SSSR count). The van der Waals surface area contributed by atoms with Crippen molar-refractivity contribution in [2.75, 3.05) is 30.4 Å². The molecule has 7 heteroatoms. The Morgan fingerprint density at radius 1 is 0.903 bits per heavy atom. The number of thiocarbonyl (C=S) groups is 1. The van der Waals surface area contributed by atoms with Gasteiger partial charge in [0.1, 0.15) is 11.5 Å². The summed E-state index contributed by atoms with van der Waals surface area (Å²) in [5, 5.41) is 9.62. The van der Waals surface area contributed by atoms with E-state index in [0.717, 1.165) is 0 Å². The first kappa shape index (κ1) is 24.5. The number of hydrogen-bond acceptors (Lipinski definition) is 4. The number of carbonyl (C=O) groups excluding carboxylic acids is 1. The molecule has 0 atom stereocenters. The molecule has 0 aliphatic heterocycles. The van der Waals surface area contributed by atoms with Gasteiger partial charge in [-0.15, -0.1) is 0 Å². The van der Waals surface area contributed by atoms with Gasteiger partial charge in [-0.05, 0) is 56.1 Å². The summed E-state index contributed by atoms with van der Waals surface area (Å²) < 4.78 is 11.6. The van der Waals surface area contributed by atoms with Crippen molar-refractivity contribution >= 4 is 34.6 Å². The normalized spacial score (nSPS) is 10.9. The van der Waals surface area contributed by atoms with Crippen molar-refractivity contribution < 1.29 is 14.3 Å². The van der Waals surface area contributed by atoms with Gasteiger partial charge in [-0.25, -0.2) is 0 Å². The van der Waals surface area contributed by atoms with Crippen molar-refractivity contribution in [3.05, 3.63) is 47.5 Å². The molecule has 31 heavy (non-hydrogen) atoms. The number of amides is 1. The average molecular weight is 444 g/mol. The summed E-state index contributed by atoms with van der Waals surface area (Å²) in [6, 6.07) is 11.2. The Morgan fingerprint density at radius 2 is 1.42 bits per heavy atom. The minimum atomic E-state index is -0.215. The molecule has 0 radical (unpaired) electrons. The van der Waals surface area contributed by atoms with Crippen molar-refractivity contribution in [3.63, 3.8) is 0 Å². The summed E-state index contributed by atoms with van der Waals surface area (Å²) in [5.74, 6) is 0.893. The van der Waals surface area contributed by atoms with E-state index in [-0.39, 0.29) is 11.3 Å². The molecule has 0 aliphatic rings. The van der Waals surface area contributed by atoms with Crippen LogP contribution in [0.15, 0.2) is 36.4 Å². The minimum absolute atomic E-state index is 0.0274. The third-order valence-electron chi connectivity index (χ3n) is 4.53. The van der Waals surface area contributed by atoms with Gasteiger partial charge in [0.25, 0.3) is 5.91 Å². The molecule has 0 unspecified atom stereocenters. The number of ether oxygens (including phenoxy) is 2. The zero-order valence-corrected chi connectivity index (χ0v) is 20.0. The highest BCUT2D eigenvalue weighted by Gasteiger charge is 2.18. The lowest BCUT2D eigenvalue weighted by molar-refractivity contribution is 0.102. The SMILES string of the molecule is CCNC(=S)Nc1cc(OCC)c(NC(=O)c2ccc(C(C)(C)C)cc2)cc1OCC. The van der Waals surface area contributed by atoms with Crippen molar-refractivity contribution in [1.82, 2.24) is 5.32 Å². The molecule has 2 aromatic rings. The molecule has 6 nitrogen and oxygen atoms in total. The van der Waals surface area contributed by atoms with E-state index in [1.807, 2.05) is 45.0 Å². The number of nitrogens with one attached hydrogen (secondary N) is 3. The first-order valence-corrected chi connectivity index (χ1v) is 11.0. The highest BCUT2D eigenvalue weighted by Crippen LogP contribution is 2.37. The number of hydrogen-bond donors (Lipinski definition) is 3. The maximum atomic E-state index is 12.9. The second kappa shape index (κ2) is 11.0. The maximum absolute atomic E-state index is 12.9. The van der Waals surface area contributed by atoms with Crippen molar-refractivity contribution in [1.29, 1.82) is 0 Å². The summed E-state index contributed by atoms with van der Waals surface area (Å²) in [7, 11) is 0. The van der Waals surface area contributed by atoms with Crippen LogP contribution in [0.3, 0.4) is 0 Å². The second-order valence-corrected chi connectivity index (χ2v) is 8.38. The Bertz CT molecular complexity index is 906. The average Bonchev–Trinajstić information content (AvgIpc) is 2.71. The van der Waals surface area contributed by atoms with E-state index in [2.05, 4.69) is 36.7 Å². The van der Waals surface area contributed by atoms with E-state index in [9.17, 15) is 4.79 Å². The summed E-state index contributed by atoms with van der Waals surface area (Å²) in [5.41, 5.74) is 2.98. The molecule has 0 fully saturated rings. The van der Waals surface area contributed by atoms with Gasteiger partial charge in [-0.2, -0.15) is 0 Å². The lowest BCUT2D eigenvalue weighted by Gasteiger charge is -2.20. The molecule has 3 N–H and O–H groups in total. The molecule has 0 bridgehead atoms. The summed E-state index contributed by atoms with van der Waals surface area (Å²) in [4.78, 5) is 12.9. The van der Waals surface area contributed by atoms with E-state index < -0.39 is 0 Å². The van der Waals surface area contributed by atoms with Crippen LogP contribution in [0, 0.1) is 0 Å². The van der Waals surface area contributed by atoms with Crippen molar-refractivity contribution in [2.45, 2.75) is 47.0 Å². The van der Waals surface area contributed by atoms with Crippen LogP contribution >= 0.6 is 12.2 Å². The highest BCUT2D eigenvalue weighted by atomic mass is 32.1. The standard InChI is InChI=1S/C24H33N3O3S/c1-7-25-23(31)27-19-15-20(29-8-2)18(14-21(19)30-9-3)26-22(28)16-10-12-17(13-11-16)24(4,5)6/h10-15H,7-9H2,1-6H3,(H,26,28)(H2,25,27,31). The largest absolute Gasteiger partial charge is 0.492 e. The van der Waals surface area contributed by atoms with E-state index in [0.29, 0.717) is 53.3 Å². The number of benzene rings is 2. The fourth-order valence-electron chi connectivity index (χ4n) is 2.95. The Kier molecular flexibility index (Phi) is 8.68. The number of rotatable bonds is 8. The lowest BCUT2D eigenvalue weighted by Crippen LogP contribution is -2.28. The predicted molar refractivity (Wildman–Crippen MR) is 132 cm³/mol. The zero-order chi connectivity index (χ0) is 23.0. The Hall–Kier alpha value is -2.80. The van der Waals surface area contributed by atoms with Crippen LogP contribution in [0.4, 0.5) is 11.4 Å². The highest BCUT2D eigenvalue weighted by molar-refractivity contribution is 7.80. The topological polar surface area (TPSA) is 71.6 Å². The first-order chi connectivity index (χ1) is 14.7. The lowest BCUT2D eigenvalue weighted by atomic mass is 9.87. The molecule has 2 aromatic carbocycles. The minimum Gasteiger partial charge on any atom is -0.492 e. The van der Waals surface area contributed by atoms with Crippen molar-refractivity contribution in [3.8, 4) is 11.5 Å². The van der Waals surface area contributed by atoms with Gasteiger partial charge < -0.3 is 25.4 Å². The van der Waals surface area contributed by atoms with Gasteiger partial charge >= 0.3 is 0 Å². The summed E-state index contributed by atoms with van der Waals surface area (Å²) >= 11 is 5.30. The Labute approximate surface area is 190 Å². The third kappa shape index (κ3) is 6.85. The summed E-state index contributed by atoms with van der Waals surface area (Å²) in [6.07, 6.45) is 0. The molecule has 0 heterocycles. The second-order valence-electron chi connectivity index (χ2n) is 7.98. The molecule has 0 saturated heterocycles. The first-order valence-electron chi connectivity index (χ1n) is 10.6. The van der Waals surface area contributed by atoms with Crippen molar-refractivity contribution in [2.24, 2.45) is 0 Å². The van der Waals surface area contributed by atoms with Crippen LogP contribution in [-0.4, -0.2) is 30.8 Å². The van der Waals surface area contributed by atoms with E-state index in [4.69, 9.17) is 21.7 Å². The zero-order valence-electron chi connectivity index (χ0n) is 19.2. The van der Waals surface area contributed by atoms with Gasteiger partial charge in [0.2, 0.25) is 0 Å². The van der Waals surface area contributed by atoms with Gasteiger partial charge in [0.05, 0.1) is 24.6 Å². The maximum Gasteiger partial charge on any atom is 0.255 e. The summed E-state index contributed by atoms with van der Waals surface area (Å²) in [6.45, 7) is 13.8. The van der Waals surface area contributed by atoms with Crippen LogP contribution < -0.4 is 25.4 Å². The number of anilines is 2. The molecule has 0 aliphatic carbocycles. The van der Waals surface area contributed by atoms with E-state index in [1.165, 1.54) is 5.56 Å². The van der Waals surface area contributed by atoms with Crippen LogP contribution in [-0.2, 0) is 5.41 Å². The predicted octanol–water partition coefficient (Wildman–Crippen LogP) is 5.34. The van der Waals surface area contributed by atoms with Gasteiger partial charge in [0.15, 0.2) is 5.11 Å². The fraction of sp³-hybridized carbons (Fsp3) is 0.417. The van der Waals surface area contributed by atoms with Crippen LogP contribution in [0.5, 0.6) is 11.5 Å². The van der Waals surface area contributed by atoms with E-state index in [1.54, 1.807) is 12.1 Å². The smallest absolute Gasteiger partial charge is 0.255 e. The fourth-order valence-corrected chi connectivity index (χ4v) is 3.20. The van der Waals surface area contributed by atoms with Crippen LogP contribution in [0.25, 0.3) is 0 Å². The molecule has 1 amide bonds. The molecular weight excluding hydrogens is 410 g/mol. The molecule has 168 valence electrons. The third-order valence-corrected chi connectivity index (χ3v) is 4.77. The Morgan fingerprint density at radius 3 is 1.87 bits per heavy atom. The molecular formula is C24H33N3O3S. The molecule has 0 spiro atoms.